The van der Waals surface area contributed by atoms with Crippen LogP contribution in [0.15, 0.2) is 54.6 Å². The number of amides is 1. The summed E-state index contributed by atoms with van der Waals surface area (Å²) in [6.45, 7) is 1.29. The number of hydrogen-bond acceptors (Lipinski definition) is 4. The standard InChI is InChI=1S/C19H22N2O3/c22-15-12-17(21-13-15)19(23)20-10-11-24-18-9-5-4-8-16(18)14-6-2-1-3-7-14/h1-9,15,17,21-22H,10-13H2,(H,20,23). The van der Waals surface area contributed by atoms with E-state index in [0.29, 0.717) is 26.1 Å². The van der Waals surface area contributed by atoms with Crippen LogP contribution >= 0.6 is 0 Å². The van der Waals surface area contributed by atoms with Gasteiger partial charge in [0.15, 0.2) is 0 Å². The van der Waals surface area contributed by atoms with Crippen LogP contribution in [0.4, 0.5) is 0 Å². The maximum Gasteiger partial charge on any atom is 0.237 e. The van der Waals surface area contributed by atoms with Crippen molar-refractivity contribution in [2.45, 2.75) is 18.6 Å². The summed E-state index contributed by atoms with van der Waals surface area (Å²) >= 11 is 0. The highest BCUT2D eigenvalue weighted by atomic mass is 16.5. The van der Waals surface area contributed by atoms with Crippen molar-refractivity contribution in [2.24, 2.45) is 0 Å². The molecule has 0 bridgehead atoms. The fourth-order valence-corrected chi connectivity index (χ4v) is 2.82. The Morgan fingerprint density at radius 2 is 1.92 bits per heavy atom. The summed E-state index contributed by atoms with van der Waals surface area (Å²) in [5, 5.41) is 15.3. The molecule has 126 valence electrons. The predicted octanol–water partition coefficient (Wildman–Crippen LogP) is 1.57. The third kappa shape index (κ3) is 4.13. The molecule has 5 heteroatoms. The SMILES string of the molecule is O=C(NCCOc1ccccc1-c1ccccc1)C1CC(O)CN1. The average Bonchev–Trinajstić information content (AvgIpc) is 3.06. The van der Waals surface area contributed by atoms with Crippen molar-refractivity contribution >= 4 is 5.91 Å². The van der Waals surface area contributed by atoms with Crippen LogP contribution in [0.1, 0.15) is 6.42 Å². The summed E-state index contributed by atoms with van der Waals surface area (Å²) < 4.78 is 5.84. The summed E-state index contributed by atoms with van der Waals surface area (Å²) in [7, 11) is 0. The lowest BCUT2D eigenvalue weighted by Gasteiger charge is -2.14. The van der Waals surface area contributed by atoms with Crippen molar-refractivity contribution in [3.05, 3.63) is 54.6 Å². The van der Waals surface area contributed by atoms with E-state index >= 15 is 0 Å². The zero-order chi connectivity index (χ0) is 16.8. The highest BCUT2D eigenvalue weighted by molar-refractivity contribution is 5.82. The smallest absolute Gasteiger partial charge is 0.237 e. The Kier molecular flexibility index (Phi) is 5.46. The molecular formula is C19H22N2O3. The molecule has 0 spiro atoms. The quantitative estimate of drug-likeness (QED) is 0.705. The topological polar surface area (TPSA) is 70.6 Å². The molecule has 0 saturated carbocycles. The molecule has 0 radical (unpaired) electrons. The minimum Gasteiger partial charge on any atom is -0.491 e. The van der Waals surface area contributed by atoms with Gasteiger partial charge in [0.05, 0.1) is 18.7 Å². The Hall–Kier alpha value is -2.37. The van der Waals surface area contributed by atoms with Gasteiger partial charge in [0.2, 0.25) is 5.91 Å². The van der Waals surface area contributed by atoms with E-state index in [-0.39, 0.29) is 11.9 Å². The van der Waals surface area contributed by atoms with Gasteiger partial charge in [-0.2, -0.15) is 0 Å². The lowest BCUT2D eigenvalue weighted by Crippen LogP contribution is -2.41. The first-order valence-electron chi connectivity index (χ1n) is 8.20. The van der Waals surface area contributed by atoms with Crippen LogP contribution in [0, 0.1) is 0 Å². The fraction of sp³-hybridized carbons (Fsp3) is 0.316. The van der Waals surface area contributed by atoms with E-state index < -0.39 is 6.10 Å². The van der Waals surface area contributed by atoms with Crippen molar-refractivity contribution in [3.63, 3.8) is 0 Å². The first kappa shape index (κ1) is 16.5. The van der Waals surface area contributed by atoms with Crippen molar-refractivity contribution in [2.75, 3.05) is 19.7 Å². The van der Waals surface area contributed by atoms with Gasteiger partial charge >= 0.3 is 0 Å². The fourth-order valence-electron chi connectivity index (χ4n) is 2.82. The van der Waals surface area contributed by atoms with Crippen LogP contribution in [-0.4, -0.2) is 42.9 Å². The number of hydrogen-bond donors (Lipinski definition) is 3. The minimum atomic E-state index is -0.435. The average molecular weight is 326 g/mol. The zero-order valence-corrected chi connectivity index (χ0v) is 13.4. The zero-order valence-electron chi connectivity index (χ0n) is 13.4. The van der Waals surface area contributed by atoms with E-state index in [1.165, 1.54) is 0 Å². The lowest BCUT2D eigenvalue weighted by molar-refractivity contribution is -0.123. The van der Waals surface area contributed by atoms with E-state index in [1.54, 1.807) is 0 Å². The van der Waals surface area contributed by atoms with Gasteiger partial charge < -0.3 is 20.5 Å². The summed E-state index contributed by atoms with van der Waals surface area (Å²) in [5.74, 6) is 0.707. The van der Waals surface area contributed by atoms with Crippen molar-refractivity contribution in [1.82, 2.24) is 10.6 Å². The van der Waals surface area contributed by atoms with Gasteiger partial charge in [0.1, 0.15) is 12.4 Å². The van der Waals surface area contributed by atoms with Gasteiger partial charge in [-0.05, 0) is 18.1 Å². The van der Waals surface area contributed by atoms with Gasteiger partial charge in [0, 0.05) is 12.1 Å². The molecule has 0 aliphatic carbocycles. The number of aliphatic hydroxyl groups excluding tert-OH is 1. The lowest BCUT2D eigenvalue weighted by atomic mass is 10.1. The van der Waals surface area contributed by atoms with E-state index in [4.69, 9.17) is 4.74 Å². The van der Waals surface area contributed by atoms with E-state index in [2.05, 4.69) is 10.6 Å². The van der Waals surface area contributed by atoms with Crippen LogP contribution < -0.4 is 15.4 Å². The molecule has 1 aliphatic heterocycles. The summed E-state index contributed by atoms with van der Waals surface area (Å²) in [5.41, 5.74) is 2.13. The second-order valence-electron chi connectivity index (χ2n) is 5.85. The number of para-hydroxylation sites is 1. The second kappa shape index (κ2) is 7.95. The normalized spacial score (nSPS) is 19.9. The molecule has 3 N–H and O–H groups in total. The van der Waals surface area contributed by atoms with Gasteiger partial charge in [-0.25, -0.2) is 0 Å². The Morgan fingerprint density at radius 1 is 1.17 bits per heavy atom. The van der Waals surface area contributed by atoms with E-state index in [0.717, 1.165) is 16.9 Å². The number of carbonyl (C=O) groups excluding carboxylic acids is 1. The van der Waals surface area contributed by atoms with E-state index in [9.17, 15) is 9.90 Å². The van der Waals surface area contributed by atoms with Gasteiger partial charge in [-0.3, -0.25) is 4.79 Å². The van der Waals surface area contributed by atoms with Crippen LogP contribution in [0.25, 0.3) is 11.1 Å². The minimum absolute atomic E-state index is 0.0912. The number of aliphatic hydroxyl groups is 1. The maximum atomic E-state index is 12.0. The highest BCUT2D eigenvalue weighted by Gasteiger charge is 2.27. The number of rotatable bonds is 6. The number of ether oxygens (including phenoxy) is 1. The largest absolute Gasteiger partial charge is 0.491 e. The maximum absolute atomic E-state index is 12.0. The van der Waals surface area contributed by atoms with Crippen molar-refractivity contribution < 1.29 is 14.6 Å². The Bertz CT molecular complexity index is 675. The molecule has 1 fully saturated rings. The number of carbonyl (C=O) groups is 1. The molecule has 2 unspecified atom stereocenters. The van der Waals surface area contributed by atoms with Crippen LogP contribution in [0.3, 0.4) is 0 Å². The van der Waals surface area contributed by atoms with Crippen molar-refractivity contribution in [1.29, 1.82) is 0 Å². The highest BCUT2D eigenvalue weighted by Crippen LogP contribution is 2.29. The Balaban J connectivity index is 1.51. The van der Waals surface area contributed by atoms with Crippen LogP contribution in [0.5, 0.6) is 5.75 Å². The molecule has 1 amide bonds. The molecule has 1 aliphatic rings. The molecular weight excluding hydrogens is 304 g/mol. The van der Waals surface area contributed by atoms with Gasteiger partial charge in [-0.15, -0.1) is 0 Å². The van der Waals surface area contributed by atoms with E-state index in [1.807, 2.05) is 54.6 Å². The summed E-state index contributed by atoms with van der Waals surface area (Å²) in [6.07, 6.45) is 0.0264. The molecule has 0 aromatic heterocycles. The molecule has 2 aromatic rings. The number of nitrogens with one attached hydrogen (secondary N) is 2. The Labute approximate surface area is 141 Å². The first-order chi connectivity index (χ1) is 11.7. The molecule has 1 heterocycles. The third-order valence-corrected chi connectivity index (χ3v) is 4.05. The van der Waals surface area contributed by atoms with Gasteiger partial charge in [0.25, 0.3) is 0 Å². The molecule has 2 aromatic carbocycles. The predicted molar refractivity (Wildman–Crippen MR) is 92.8 cm³/mol. The number of benzene rings is 2. The summed E-state index contributed by atoms with van der Waals surface area (Å²) in [6, 6.07) is 17.6. The first-order valence-corrected chi connectivity index (χ1v) is 8.20. The molecule has 3 rings (SSSR count). The van der Waals surface area contributed by atoms with Crippen LogP contribution in [-0.2, 0) is 4.79 Å². The Morgan fingerprint density at radius 3 is 2.67 bits per heavy atom. The summed E-state index contributed by atoms with van der Waals surface area (Å²) in [4.78, 5) is 12.0. The third-order valence-electron chi connectivity index (χ3n) is 4.05. The van der Waals surface area contributed by atoms with Gasteiger partial charge in [-0.1, -0.05) is 48.5 Å². The molecule has 24 heavy (non-hydrogen) atoms. The molecule has 1 saturated heterocycles. The van der Waals surface area contributed by atoms with Crippen LogP contribution in [0.2, 0.25) is 0 Å². The second-order valence-corrected chi connectivity index (χ2v) is 5.85. The molecule has 2 atom stereocenters. The molecule has 5 nitrogen and oxygen atoms in total. The van der Waals surface area contributed by atoms with Crippen molar-refractivity contribution in [3.8, 4) is 16.9 Å². The number of β-amino-alcohol motifs (C(OH)–C–C–N with tert-alkyl or cyclic N) is 1. The monoisotopic (exact) mass is 326 g/mol.